The number of aryl methyl sites for hydroxylation is 2. The number of hydrogen-bond acceptors (Lipinski definition) is 7. The largest absolute Gasteiger partial charge is 0.371 e. The van der Waals surface area contributed by atoms with E-state index in [-0.39, 0.29) is 17.5 Å². The van der Waals surface area contributed by atoms with E-state index < -0.39 is 6.43 Å². The van der Waals surface area contributed by atoms with E-state index in [0.717, 1.165) is 124 Å². The molecule has 10 nitrogen and oxygen atoms in total. The van der Waals surface area contributed by atoms with Gasteiger partial charge in [-0.2, -0.15) is 15.5 Å². The molecule has 68 heavy (non-hydrogen) atoms. The second-order valence-corrected chi connectivity index (χ2v) is 21.4. The molecule has 6 aliphatic rings. The lowest BCUT2D eigenvalue weighted by atomic mass is 9.55. The summed E-state index contributed by atoms with van der Waals surface area (Å²) >= 11 is 6.42. The predicted molar refractivity (Wildman–Crippen MR) is 263 cm³/mol. The van der Waals surface area contributed by atoms with Crippen molar-refractivity contribution in [3.05, 3.63) is 106 Å². The Morgan fingerprint density at radius 1 is 0.926 bits per heavy atom. The lowest BCUT2D eigenvalue weighted by Crippen LogP contribution is -2.41. The Labute approximate surface area is 403 Å². The lowest BCUT2D eigenvalue weighted by molar-refractivity contribution is -0.129. The van der Waals surface area contributed by atoms with E-state index in [9.17, 15) is 18.8 Å². The van der Waals surface area contributed by atoms with E-state index in [0.29, 0.717) is 64.1 Å². The summed E-state index contributed by atoms with van der Waals surface area (Å²) in [6.45, 7) is 8.87. The normalized spacial score (nSPS) is 24.1. The molecule has 11 rings (SSSR count). The number of aromatic nitrogens is 4. The van der Waals surface area contributed by atoms with E-state index in [1.54, 1.807) is 37.1 Å². The second kappa shape index (κ2) is 17.6. The molecule has 13 heteroatoms. The van der Waals surface area contributed by atoms with Crippen molar-refractivity contribution in [1.29, 1.82) is 5.26 Å². The van der Waals surface area contributed by atoms with Crippen LogP contribution in [0.25, 0.3) is 11.1 Å². The van der Waals surface area contributed by atoms with Gasteiger partial charge in [0.25, 0.3) is 6.43 Å². The minimum absolute atomic E-state index is 0.00398. The summed E-state index contributed by atoms with van der Waals surface area (Å²) in [5.41, 5.74) is 9.92. The molecule has 4 fully saturated rings. The number of alkyl halides is 2. The summed E-state index contributed by atoms with van der Waals surface area (Å²) in [5, 5.41) is 19.5. The SMILES string of the molecule is CC(=O)N1CCc2c(c(N3CCCc4cc(-c5cnn(C)c5)c(C(F)F)cc43)nn2C2CCC3(CC2)CC(C#Cc2ccc(N4CCC5(CC4)C[C@H](C)N(c4ccc(C#N)c(Cl)c4)C5)cc2)C3)C1. The minimum Gasteiger partial charge on any atom is -0.371 e. The van der Waals surface area contributed by atoms with Gasteiger partial charge in [-0.05, 0) is 154 Å². The number of rotatable bonds is 6. The van der Waals surface area contributed by atoms with Crippen molar-refractivity contribution < 1.29 is 13.6 Å². The molecule has 0 radical (unpaired) electrons. The fourth-order valence-corrected chi connectivity index (χ4v) is 13.2. The molecule has 0 unspecified atom stereocenters. The van der Waals surface area contributed by atoms with Crippen LogP contribution < -0.4 is 14.7 Å². The topological polar surface area (TPSA) is 89.5 Å². The molecule has 1 amide bonds. The number of nitrogens with zero attached hydrogens (tertiary/aromatic N) is 9. The first kappa shape index (κ1) is 44.6. The highest BCUT2D eigenvalue weighted by molar-refractivity contribution is 6.32. The molecule has 0 N–H and O–H groups in total. The average Bonchev–Trinajstić information content (AvgIpc) is 4.04. The van der Waals surface area contributed by atoms with Gasteiger partial charge in [0.05, 0.1) is 29.4 Å². The van der Waals surface area contributed by atoms with Crippen LogP contribution in [0.1, 0.15) is 124 Å². The van der Waals surface area contributed by atoms with Crippen molar-refractivity contribution in [1.82, 2.24) is 24.5 Å². The van der Waals surface area contributed by atoms with Crippen LogP contribution in [0.2, 0.25) is 5.02 Å². The Kier molecular flexibility index (Phi) is 11.5. The highest BCUT2D eigenvalue weighted by Crippen LogP contribution is 2.57. The number of nitriles is 1. The third-order valence-corrected chi connectivity index (χ3v) is 17.1. The zero-order chi connectivity index (χ0) is 46.9. The van der Waals surface area contributed by atoms with Crippen LogP contribution in [0, 0.1) is 39.9 Å². The van der Waals surface area contributed by atoms with Crippen LogP contribution in [0.3, 0.4) is 0 Å². The maximum Gasteiger partial charge on any atom is 0.264 e. The molecule has 1 atom stereocenters. The zero-order valence-corrected chi connectivity index (χ0v) is 40.2. The summed E-state index contributed by atoms with van der Waals surface area (Å²) in [6, 6.07) is 21.2. The number of hydrogen-bond donors (Lipinski definition) is 0. The summed E-state index contributed by atoms with van der Waals surface area (Å²) in [5.74, 6) is 8.44. The van der Waals surface area contributed by atoms with E-state index >= 15 is 0 Å². The number of benzene rings is 3. The summed E-state index contributed by atoms with van der Waals surface area (Å²) in [6.07, 6.45) is 13.4. The van der Waals surface area contributed by atoms with E-state index in [1.165, 1.54) is 17.8 Å². The van der Waals surface area contributed by atoms with E-state index in [1.807, 2.05) is 29.2 Å². The molecule has 4 aliphatic heterocycles. The fraction of sp³-hybridized carbons (Fsp3) is 0.491. The van der Waals surface area contributed by atoms with Gasteiger partial charge in [0.2, 0.25) is 5.91 Å². The lowest BCUT2D eigenvalue weighted by Gasteiger charge is -2.50. The molecule has 0 bridgehead atoms. The van der Waals surface area contributed by atoms with Gasteiger partial charge in [0, 0.05) is 116 Å². The molecule has 2 spiro atoms. The van der Waals surface area contributed by atoms with Gasteiger partial charge in [-0.25, -0.2) is 8.78 Å². The van der Waals surface area contributed by atoms with Gasteiger partial charge in [-0.1, -0.05) is 23.4 Å². The molecule has 3 aromatic carbocycles. The Bertz CT molecular complexity index is 2840. The highest BCUT2D eigenvalue weighted by atomic mass is 35.5. The van der Waals surface area contributed by atoms with Gasteiger partial charge in [-0.3, -0.25) is 14.2 Å². The summed E-state index contributed by atoms with van der Waals surface area (Å²) in [7, 11) is 1.80. The quantitative estimate of drug-likeness (QED) is 0.157. The van der Waals surface area contributed by atoms with Gasteiger partial charge in [0.15, 0.2) is 5.82 Å². The molecule has 2 saturated carbocycles. The van der Waals surface area contributed by atoms with Crippen molar-refractivity contribution >= 4 is 40.4 Å². The fourth-order valence-electron chi connectivity index (χ4n) is 13.0. The number of carbonyl (C=O) groups excluding carboxylic acids is 1. The number of anilines is 4. The molecule has 6 heterocycles. The van der Waals surface area contributed by atoms with Crippen LogP contribution in [0.4, 0.5) is 31.7 Å². The Balaban J connectivity index is 0.724. The highest BCUT2D eigenvalue weighted by Gasteiger charge is 2.47. The summed E-state index contributed by atoms with van der Waals surface area (Å²) in [4.78, 5) is 21.8. The molecule has 2 saturated heterocycles. The number of piperidine rings is 1. The van der Waals surface area contributed by atoms with E-state index in [4.69, 9.17) is 16.7 Å². The van der Waals surface area contributed by atoms with Crippen LogP contribution in [-0.4, -0.2) is 69.1 Å². The van der Waals surface area contributed by atoms with Gasteiger partial charge in [0.1, 0.15) is 6.07 Å². The van der Waals surface area contributed by atoms with Gasteiger partial charge >= 0.3 is 0 Å². The number of halogens is 3. The van der Waals surface area contributed by atoms with Crippen molar-refractivity contribution in [3.63, 3.8) is 0 Å². The maximum absolute atomic E-state index is 14.8. The molecular weight excluding hydrogens is 876 g/mol. The maximum atomic E-state index is 14.8. The van der Waals surface area contributed by atoms with Crippen molar-refractivity contribution in [3.8, 4) is 29.0 Å². The first-order valence-electron chi connectivity index (χ1n) is 24.8. The van der Waals surface area contributed by atoms with Gasteiger partial charge < -0.3 is 19.6 Å². The van der Waals surface area contributed by atoms with Gasteiger partial charge in [-0.15, -0.1) is 0 Å². The Hall–Kier alpha value is -5.85. The molecule has 2 aliphatic carbocycles. The smallest absolute Gasteiger partial charge is 0.264 e. The number of amides is 1. The Morgan fingerprint density at radius 3 is 2.38 bits per heavy atom. The third kappa shape index (κ3) is 8.21. The van der Waals surface area contributed by atoms with Crippen LogP contribution in [0.5, 0.6) is 0 Å². The Morgan fingerprint density at radius 2 is 1.69 bits per heavy atom. The summed E-state index contributed by atoms with van der Waals surface area (Å²) < 4.78 is 33.5. The van der Waals surface area contributed by atoms with E-state index in [2.05, 4.69) is 73.6 Å². The zero-order valence-electron chi connectivity index (χ0n) is 39.5. The first-order chi connectivity index (χ1) is 32.9. The van der Waals surface area contributed by atoms with Crippen molar-refractivity contribution in [2.24, 2.45) is 23.8 Å². The molecule has 5 aromatic rings. The van der Waals surface area contributed by atoms with Crippen LogP contribution in [0.15, 0.2) is 67.0 Å². The minimum atomic E-state index is -2.64. The predicted octanol–water partition coefficient (Wildman–Crippen LogP) is 11.2. The monoisotopic (exact) mass is 935 g/mol. The standard InChI is InChI=1S/C55H60ClF2N9O/c1-36-28-55(35-66(36)45-13-10-41(31-59)49(56)26-45)19-23-63(24-20-55)43-11-8-38(9-12-43)6-7-39-29-54(30-39)17-14-44(15-18-54)67-50-16-22-64(37(2)68)34-48(50)53(61-67)65-21-4-5-40-25-46(42-32-60-62(3)33-42)47(52(57)58)27-51(40)65/h8-13,25-27,32-33,36,39,44,52H,4-5,14-24,28-30,34-35H2,1-3H3/t36-,39?,44?,54?/m0/s1. The van der Waals surface area contributed by atoms with Crippen LogP contribution >= 0.6 is 11.6 Å². The number of fused-ring (bicyclic) bond motifs is 2. The first-order valence-corrected chi connectivity index (χ1v) is 25.2. The third-order valence-electron chi connectivity index (χ3n) is 16.8. The van der Waals surface area contributed by atoms with Crippen LogP contribution in [-0.2, 0) is 31.2 Å². The number of carbonyl (C=O) groups is 1. The average molecular weight is 937 g/mol. The van der Waals surface area contributed by atoms with Crippen molar-refractivity contribution in [2.45, 2.75) is 116 Å². The molecule has 2 aromatic heterocycles. The second-order valence-electron chi connectivity index (χ2n) is 21.0. The van der Waals surface area contributed by atoms with Crippen molar-refractivity contribution in [2.75, 3.05) is 47.4 Å². The molecular formula is C55H60ClF2N9O. The molecule has 352 valence electrons.